The van der Waals surface area contributed by atoms with Gasteiger partial charge < -0.3 is 0 Å². The molecule has 0 amide bonds. The van der Waals surface area contributed by atoms with Crippen LogP contribution >= 0.6 is 0 Å². The Hall–Kier alpha value is 0.143. The summed E-state index contributed by atoms with van der Waals surface area (Å²) in [6.45, 7) is 0. The standard InChI is InChI=1S/2H2N.2O.Ru/h2*1H2;;;/q2*-1;;;+2. The Labute approximate surface area is 32.0 Å². The van der Waals surface area contributed by atoms with Crippen molar-refractivity contribution < 1.29 is 22.3 Å². The summed E-state index contributed by atoms with van der Waals surface area (Å²) in [6, 6.07) is 0. The third kappa shape index (κ3) is 926. The Morgan fingerprint density at radius 1 is 1.20 bits per heavy atom. The topological polar surface area (TPSA) is 86.2 Å². The summed E-state index contributed by atoms with van der Waals surface area (Å²) in [5, 5.41) is 0. The van der Waals surface area contributed by atoms with Gasteiger partial charge in [0.05, 0.1) is 0 Å². The zero-order chi connectivity index (χ0) is 4.50. The third-order valence-corrected chi connectivity index (χ3v) is 0. The van der Waals surface area contributed by atoms with Crippen LogP contribution in [0.15, 0.2) is 0 Å². The van der Waals surface area contributed by atoms with E-state index in [-0.39, 0.29) is 0 Å². The first-order valence-corrected chi connectivity index (χ1v) is 4.12. The Morgan fingerprint density at radius 3 is 1.20 bits per heavy atom. The maximum atomic E-state index is 9.27. The van der Waals surface area contributed by atoms with Crippen molar-refractivity contribution in [1.29, 1.82) is 0 Å². The maximum absolute atomic E-state index is 9.27. The number of nitrogens with two attached hydrogens (primary N) is 2. The van der Waals surface area contributed by atoms with Crippen LogP contribution in [0.4, 0.5) is 0 Å². The fourth-order valence-corrected chi connectivity index (χ4v) is 0. The van der Waals surface area contributed by atoms with E-state index in [0.29, 0.717) is 0 Å². The molecule has 0 saturated heterocycles. The van der Waals surface area contributed by atoms with Gasteiger partial charge in [-0.15, -0.1) is 0 Å². The summed E-state index contributed by atoms with van der Waals surface area (Å²) in [7, 11) is 0. The zero-order valence-corrected chi connectivity index (χ0v) is 4.06. The van der Waals surface area contributed by atoms with Crippen LogP contribution in [0.1, 0.15) is 0 Å². The van der Waals surface area contributed by atoms with Crippen molar-refractivity contribution in [3.63, 3.8) is 0 Å². The molecule has 0 unspecified atom stereocenters. The molecule has 5 heteroatoms. The van der Waals surface area contributed by atoms with Crippen molar-refractivity contribution >= 4 is 0 Å². The van der Waals surface area contributed by atoms with E-state index in [1.54, 1.807) is 0 Å². The molecular weight excluding hydrogens is 161 g/mol. The minimum absolute atomic E-state index is 4.19. The van der Waals surface area contributed by atoms with Gasteiger partial charge in [0.2, 0.25) is 0 Å². The minimum atomic E-state index is -4.36. The van der Waals surface area contributed by atoms with Crippen LogP contribution in [0, 0.1) is 0 Å². The van der Waals surface area contributed by atoms with E-state index in [2.05, 4.69) is 8.95 Å². The molecule has 4 nitrogen and oxygen atoms in total. The van der Waals surface area contributed by atoms with Crippen molar-refractivity contribution in [3.8, 4) is 0 Å². The Morgan fingerprint density at radius 2 is 1.20 bits per heavy atom. The normalized spacial score (nSPS) is 14.8. The molecule has 34 valence electrons. The molecule has 0 spiro atoms. The van der Waals surface area contributed by atoms with Gasteiger partial charge in [0.25, 0.3) is 0 Å². The molecule has 0 aromatic rings. The number of hydrogen-bond acceptors (Lipinski definition) is 2. The first kappa shape index (κ1) is 5.14. The molecule has 0 saturated carbocycles. The Balaban J connectivity index is 4.06. The van der Waals surface area contributed by atoms with Gasteiger partial charge in [-0.05, 0) is 0 Å². The molecule has 0 aromatic heterocycles. The van der Waals surface area contributed by atoms with E-state index in [9.17, 15) is 7.15 Å². The van der Waals surface area contributed by atoms with Gasteiger partial charge in [0.15, 0.2) is 0 Å². The van der Waals surface area contributed by atoms with Crippen LogP contribution in [0.25, 0.3) is 0 Å². The van der Waals surface area contributed by atoms with Gasteiger partial charge in [0.1, 0.15) is 0 Å². The van der Waals surface area contributed by atoms with E-state index in [1.165, 1.54) is 0 Å². The fraction of sp³-hybridized carbons (Fsp3) is 0. The van der Waals surface area contributed by atoms with Gasteiger partial charge in [0, 0.05) is 0 Å². The molecule has 0 aromatic carbocycles. The van der Waals surface area contributed by atoms with Gasteiger partial charge in [-0.3, -0.25) is 0 Å². The van der Waals surface area contributed by atoms with Crippen LogP contribution in [-0.4, -0.2) is 0 Å². The summed E-state index contributed by atoms with van der Waals surface area (Å²) >= 11 is -4.36. The molecule has 0 rings (SSSR count). The van der Waals surface area contributed by atoms with Gasteiger partial charge >= 0.3 is 31.3 Å². The summed E-state index contributed by atoms with van der Waals surface area (Å²) < 4.78 is 26.9. The first-order valence-electron chi connectivity index (χ1n) is 0.697. The Kier molecular flexibility index (Phi) is 1.12. The van der Waals surface area contributed by atoms with Crippen LogP contribution in [0.2, 0.25) is 0 Å². The Bertz CT molecular complexity index is 90.8. The first-order chi connectivity index (χ1) is 2.00. The fourth-order valence-electron chi connectivity index (χ4n) is 0. The summed E-state index contributed by atoms with van der Waals surface area (Å²) in [5.74, 6) is 0. The average molecular weight is 165 g/mol. The molecule has 4 N–H and O–H groups in total. The second-order valence-corrected chi connectivity index (χ2v) is 3.02. The zero-order valence-electron chi connectivity index (χ0n) is 2.32. The SMILES string of the molecule is [NH2][Ru]([NH2])(=[O])=[O]. The molecule has 0 heterocycles. The number of rotatable bonds is 0. The molecule has 0 bridgehead atoms. The van der Waals surface area contributed by atoms with E-state index >= 15 is 0 Å². The van der Waals surface area contributed by atoms with E-state index in [4.69, 9.17) is 0 Å². The summed E-state index contributed by atoms with van der Waals surface area (Å²) in [6.07, 6.45) is 0. The van der Waals surface area contributed by atoms with Crippen LogP contribution in [0.5, 0.6) is 0 Å². The molecule has 0 atom stereocenters. The van der Waals surface area contributed by atoms with E-state index < -0.39 is 15.2 Å². The van der Waals surface area contributed by atoms with E-state index in [1.807, 2.05) is 0 Å². The molecular formula is H4N2O2Ru. The quantitative estimate of drug-likeness (QED) is 0.431. The van der Waals surface area contributed by atoms with Crippen LogP contribution in [0.3, 0.4) is 0 Å². The summed E-state index contributed by atoms with van der Waals surface area (Å²) in [5.41, 5.74) is 0. The second kappa shape index (κ2) is 1.08. The molecule has 5 heavy (non-hydrogen) atoms. The summed E-state index contributed by atoms with van der Waals surface area (Å²) in [4.78, 5) is 0. The molecule has 0 fully saturated rings. The van der Waals surface area contributed by atoms with E-state index in [0.717, 1.165) is 0 Å². The number of hydrogen-bond donors (Lipinski definition) is 2. The monoisotopic (exact) mass is 166 g/mol. The predicted molar refractivity (Wildman–Crippen MR) is 9.75 cm³/mol. The predicted octanol–water partition coefficient (Wildman–Crippen LogP) is -1.42. The molecule has 0 radical (unpaired) electrons. The van der Waals surface area contributed by atoms with Crippen molar-refractivity contribution in [2.24, 2.45) is 8.95 Å². The third-order valence-electron chi connectivity index (χ3n) is 0. The molecule has 0 aliphatic heterocycles. The molecule has 0 aliphatic carbocycles. The van der Waals surface area contributed by atoms with Gasteiger partial charge in [-0.1, -0.05) is 0 Å². The second-order valence-electron chi connectivity index (χ2n) is 0.510. The van der Waals surface area contributed by atoms with Crippen LogP contribution in [-0.2, 0) is 22.3 Å². The van der Waals surface area contributed by atoms with Gasteiger partial charge in [-0.25, -0.2) is 0 Å². The van der Waals surface area contributed by atoms with Crippen molar-refractivity contribution in [2.75, 3.05) is 0 Å². The van der Waals surface area contributed by atoms with Crippen molar-refractivity contribution in [2.45, 2.75) is 0 Å². The van der Waals surface area contributed by atoms with Crippen LogP contribution < -0.4 is 8.95 Å². The van der Waals surface area contributed by atoms with Gasteiger partial charge in [-0.2, -0.15) is 0 Å². The molecule has 0 aliphatic rings. The van der Waals surface area contributed by atoms with Crippen molar-refractivity contribution in [1.82, 2.24) is 0 Å². The van der Waals surface area contributed by atoms with Crippen molar-refractivity contribution in [3.05, 3.63) is 0 Å². The average Bonchev–Trinajstić information content (AvgIpc) is 0.722.